The van der Waals surface area contributed by atoms with Gasteiger partial charge >= 0.3 is 0 Å². The molecule has 6 nitrogen and oxygen atoms in total. The molecule has 148 valence electrons. The number of rotatable bonds is 2. The maximum atomic E-state index is 12.8. The predicted molar refractivity (Wildman–Crippen MR) is 109 cm³/mol. The number of fused-ring (bicyclic) bond motifs is 2. The van der Waals surface area contributed by atoms with Gasteiger partial charge in [-0.15, -0.1) is 0 Å². The maximum Gasteiger partial charge on any atom is 0.253 e. The number of aryl methyl sites for hydroxylation is 1. The summed E-state index contributed by atoms with van der Waals surface area (Å²) in [6.45, 7) is 4.70. The van der Waals surface area contributed by atoms with Gasteiger partial charge in [0.2, 0.25) is 0 Å². The first-order valence-corrected chi connectivity index (χ1v) is 10.1. The minimum Gasteiger partial charge on any atom is -0.371 e. The summed E-state index contributed by atoms with van der Waals surface area (Å²) in [5, 5.41) is 0. The van der Waals surface area contributed by atoms with Gasteiger partial charge in [0.05, 0.1) is 24.0 Å². The van der Waals surface area contributed by atoms with Gasteiger partial charge in [0.1, 0.15) is 12.4 Å². The van der Waals surface area contributed by atoms with E-state index in [1.165, 1.54) is 11.1 Å². The van der Waals surface area contributed by atoms with Gasteiger partial charge in [0, 0.05) is 31.0 Å². The predicted octanol–water partition coefficient (Wildman–Crippen LogP) is 3.42. The number of carbonyl (C=O) groups excluding carboxylic acids is 1. The van der Waals surface area contributed by atoms with Crippen LogP contribution >= 0.6 is 0 Å². The van der Waals surface area contributed by atoms with Crippen molar-refractivity contribution in [3.05, 3.63) is 71.9 Å². The van der Waals surface area contributed by atoms with Crippen LogP contribution in [0.1, 0.15) is 34.6 Å². The van der Waals surface area contributed by atoms with Gasteiger partial charge in [-0.05, 0) is 37.5 Å². The summed E-state index contributed by atoms with van der Waals surface area (Å²) in [4.78, 5) is 23.4. The SMILES string of the molecule is Cc1ccc(-c2cnc3n2C2(CCN(C(=O)c4ccncc4)CC2)COC3)cc1. The van der Waals surface area contributed by atoms with Crippen LogP contribution in [-0.2, 0) is 16.9 Å². The lowest BCUT2D eigenvalue weighted by atomic mass is 9.86. The largest absolute Gasteiger partial charge is 0.371 e. The molecule has 4 heterocycles. The number of pyridine rings is 1. The van der Waals surface area contributed by atoms with E-state index < -0.39 is 0 Å². The Morgan fingerprint density at radius 1 is 1.07 bits per heavy atom. The molecule has 0 N–H and O–H groups in total. The average molecular weight is 388 g/mol. The van der Waals surface area contributed by atoms with Crippen molar-refractivity contribution in [1.82, 2.24) is 19.4 Å². The van der Waals surface area contributed by atoms with E-state index in [2.05, 4.69) is 45.7 Å². The van der Waals surface area contributed by atoms with Crippen molar-refractivity contribution in [2.45, 2.75) is 31.9 Å². The molecule has 0 unspecified atom stereocenters. The Labute approximate surface area is 170 Å². The summed E-state index contributed by atoms with van der Waals surface area (Å²) in [5.41, 5.74) is 4.09. The number of imidazole rings is 1. The van der Waals surface area contributed by atoms with Crippen molar-refractivity contribution < 1.29 is 9.53 Å². The molecule has 0 aliphatic carbocycles. The Morgan fingerprint density at radius 2 is 1.79 bits per heavy atom. The molecule has 0 atom stereocenters. The lowest BCUT2D eigenvalue weighted by molar-refractivity contribution is -0.0275. The third kappa shape index (κ3) is 3.13. The Morgan fingerprint density at radius 3 is 2.52 bits per heavy atom. The van der Waals surface area contributed by atoms with E-state index in [0.717, 1.165) is 24.4 Å². The Balaban J connectivity index is 1.43. The summed E-state index contributed by atoms with van der Waals surface area (Å²) < 4.78 is 8.33. The van der Waals surface area contributed by atoms with Crippen molar-refractivity contribution in [1.29, 1.82) is 0 Å². The van der Waals surface area contributed by atoms with E-state index in [9.17, 15) is 4.79 Å². The van der Waals surface area contributed by atoms with Gasteiger partial charge in [-0.3, -0.25) is 9.78 Å². The zero-order valence-corrected chi connectivity index (χ0v) is 16.5. The van der Waals surface area contributed by atoms with E-state index in [1.807, 2.05) is 11.1 Å². The lowest BCUT2D eigenvalue weighted by Gasteiger charge is -2.46. The zero-order valence-electron chi connectivity index (χ0n) is 16.5. The van der Waals surface area contributed by atoms with E-state index in [-0.39, 0.29) is 11.4 Å². The Hall–Kier alpha value is -2.99. The quantitative estimate of drug-likeness (QED) is 0.675. The molecule has 2 aliphatic rings. The summed E-state index contributed by atoms with van der Waals surface area (Å²) in [7, 11) is 0. The second-order valence-corrected chi connectivity index (χ2v) is 8.01. The molecule has 2 aromatic heterocycles. The molecular formula is C23H24N4O2. The molecule has 0 bridgehead atoms. The number of carbonyl (C=O) groups is 1. The van der Waals surface area contributed by atoms with Gasteiger partial charge in [-0.1, -0.05) is 29.8 Å². The third-order valence-electron chi connectivity index (χ3n) is 6.17. The molecule has 1 amide bonds. The third-order valence-corrected chi connectivity index (χ3v) is 6.17. The molecule has 0 saturated carbocycles. The number of piperidine rings is 1. The highest BCUT2D eigenvalue weighted by molar-refractivity contribution is 5.94. The van der Waals surface area contributed by atoms with Gasteiger partial charge in [0.25, 0.3) is 5.91 Å². The van der Waals surface area contributed by atoms with Crippen LogP contribution < -0.4 is 0 Å². The second kappa shape index (κ2) is 7.12. The van der Waals surface area contributed by atoms with Crippen LogP contribution in [0.25, 0.3) is 11.3 Å². The van der Waals surface area contributed by atoms with E-state index >= 15 is 0 Å². The first kappa shape index (κ1) is 18.1. The van der Waals surface area contributed by atoms with Crippen molar-refractivity contribution in [3.8, 4) is 11.3 Å². The monoisotopic (exact) mass is 388 g/mol. The number of hydrogen-bond acceptors (Lipinski definition) is 4. The summed E-state index contributed by atoms with van der Waals surface area (Å²) >= 11 is 0. The number of amides is 1. The molecule has 1 saturated heterocycles. The number of benzene rings is 1. The molecule has 5 rings (SSSR count). The molecule has 6 heteroatoms. The molecule has 1 spiro atoms. The highest BCUT2D eigenvalue weighted by atomic mass is 16.5. The second-order valence-electron chi connectivity index (χ2n) is 8.01. The van der Waals surface area contributed by atoms with Gasteiger partial charge in [-0.2, -0.15) is 0 Å². The topological polar surface area (TPSA) is 60.2 Å². The number of ether oxygens (including phenoxy) is 1. The van der Waals surface area contributed by atoms with Crippen LogP contribution in [0.3, 0.4) is 0 Å². The van der Waals surface area contributed by atoms with Crippen molar-refractivity contribution >= 4 is 5.91 Å². The van der Waals surface area contributed by atoms with Crippen LogP contribution in [-0.4, -0.2) is 45.0 Å². The smallest absolute Gasteiger partial charge is 0.253 e. The summed E-state index contributed by atoms with van der Waals surface area (Å²) in [5.74, 6) is 1.05. The molecular weight excluding hydrogens is 364 g/mol. The molecule has 2 aliphatic heterocycles. The van der Waals surface area contributed by atoms with Crippen LogP contribution in [0, 0.1) is 6.92 Å². The standard InChI is InChI=1S/C23H24N4O2/c1-17-2-4-18(5-3-17)20-14-25-21-15-29-16-23(27(20)21)8-12-26(13-9-23)22(28)19-6-10-24-11-7-19/h2-7,10-11,14H,8-9,12-13,15-16H2,1H3. The van der Waals surface area contributed by atoms with E-state index in [4.69, 9.17) is 4.74 Å². The van der Waals surface area contributed by atoms with Crippen LogP contribution in [0.4, 0.5) is 0 Å². The lowest BCUT2D eigenvalue weighted by Crippen LogP contribution is -2.52. The molecule has 3 aromatic rings. The Kier molecular flexibility index (Phi) is 4.43. The number of aromatic nitrogens is 3. The molecule has 1 fully saturated rings. The van der Waals surface area contributed by atoms with Crippen molar-refractivity contribution in [3.63, 3.8) is 0 Å². The van der Waals surface area contributed by atoms with E-state index in [1.54, 1.807) is 24.5 Å². The zero-order chi connectivity index (χ0) is 19.8. The van der Waals surface area contributed by atoms with E-state index in [0.29, 0.717) is 31.9 Å². The minimum atomic E-state index is -0.153. The van der Waals surface area contributed by atoms with Gasteiger partial charge in [-0.25, -0.2) is 4.98 Å². The minimum absolute atomic E-state index is 0.0728. The first-order valence-electron chi connectivity index (χ1n) is 10.1. The molecule has 0 radical (unpaired) electrons. The van der Waals surface area contributed by atoms with Crippen molar-refractivity contribution in [2.75, 3.05) is 19.7 Å². The fraction of sp³-hybridized carbons (Fsp3) is 0.348. The van der Waals surface area contributed by atoms with Gasteiger partial charge in [0.15, 0.2) is 0 Å². The van der Waals surface area contributed by atoms with Crippen LogP contribution in [0.2, 0.25) is 0 Å². The maximum absolute atomic E-state index is 12.8. The normalized spacial score (nSPS) is 17.9. The fourth-order valence-electron chi connectivity index (χ4n) is 4.52. The summed E-state index contributed by atoms with van der Waals surface area (Å²) in [6, 6.07) is 12.1. The van der Waals surface area contributed by atoms with Crippen LogP contribution in [0.5, 0.6) is 0 Å². The van der Waals surface area contributed by atoms with Gasteiger partial charge < -0.3 is 14.2 Å². The van der Waals surface area contributed by atoms with Crippen LogP contribution in [0.15, 0.2) is 55.0 Å². The highest BCUT2D eigenvalue weighted by Gasteiger charge is 2.42. The number of hydrogen-bond donors (Lipinski definition) is 0. The average Bonchev–Trinajstić information content (AvgIpc) is 3.21. The van der Waals surface area contributed by atoms with Crippen molar-refractivity contribution in [2.24, 2.45) is 0 Å². The fourth-order valence-corrected chi connectivity index (χ4v) is 4.52. The summed E-state index contributed by atoms with van der Waals surface area (Å²) in [6.07, 6.45) is 7.00. The molecule has 1 aromatic carbocycles. The number of likely N-dealkylation sites (tertiary alicyclic amines) is 1. The first-order chi connectivity index (χ1) is 14.2. The highest BCUT2D eigenvalue weighted by Crippen LogP contribution is 2.39. The number of nitrogens with zero attached hydrogens (tertiary/aromatic N) is 4. The molecule has 29 heavy (non-hydrogen) atoms. The Bertz CT molecular complexity index is 1020.